The highest BCUT2D eigenvalue weighted by atomic mass is 16.3. The maximum atomic E-state index is 7.32. The van der Waals surface area contributed by atoms with Crippen LogP contribution in [0.25, 0.3) is 109 Å². The van der Waals surface area contributed by atoms with E-state index in [4.69, 9.17) is 13.3 Å². The lowest BCUT2D eigenvalue weighted by atomic mass is 9.97. The average molecular weight is 742 g/mol. The third-order valence-corrected chi connectivity index (χ3v) is 12.0. The number of para-hydroxylation sites is 3. The first-order valence-corrected chi connectivity index (χ1v) is 19.7. The highest BCUT2D eigenvalue weighted by molar-refractivity contribution is 6.29. The Balaban J connectivity index is 1.26. The first kappa shape index (κ1) is 31.4. The smallest absolute Gasteiger partial charge is 0.160 e. The van der Waals surface area contributed by atoms with Crippen LogP contribution in [0.1, 0.15) is 0 Å². The summed E-state index contributed by atoms with van der Waals surface area (Å²) in [5.41, 5.74) is 9.71. The number of anilines is 3. The van der Waals surface area contributed by atoms with Crippen molar-refractivity contribution in [1.29, 1.82) is 0 Å². The van der Waals surface area contributed by atoms with Crippen molar-refractivity contribution in [2.24, 2.45) is 0 Å². The van der Waals surface area contributed by atoms with Gasteiger partial charge in [0.2, 0.25) is 0 Å². The Kier molecular flexibility index (Phi) is 6.41. The molecule has 3 aromatic heterocycles. The zero-order valence-electron chi connectivity index (χ0n) is 31.1. The number of benzene rings is 10. The topological polar surface area (TPSA) is 42.7 Å². The van der Waals surface area contributed by atoms with Gasteiger partial charge < -0.3 is 13.3 Å². The fourth-order valence-electron chi connectivity index (χ4n) is 9.48. The molecule has 10 aromatic carbocycles. The zero-order chi connectivity index (χ0) is 37.9. The molecule has 0 amide bonds. The first-order chi connectivity index (χ1) is 28.8. The fraction of sp³-hybridized carbons (Fsp3) is 0. The third kappa shape index (κ3) is 4.34. The van der Waals surface area contributed by atoms with Gasteiger partial charge in [0.25, 0.3) is 0 Å². The van der Waals surface area contributed by atoms with Crippen molar-refractivity contribution in [2.75, 3.05) is 4.90 Å². The monoisotopic (exact) mass is 741 g/mol. The van der Waals surface area contributed by atoms with Gasteiger partial charge in [0.05, 0.1) is 17.1 Å². The van der Waals surface area contributed by atoms with Crippen molar-refractivity contribution in [3.05, 3.63) is 188 Å². The molecule has 13 aromatic rings. The van der Waals surface area contributed by atoms with Crippen molar-refractivity contribution in [2.45, 2.75) is 0 Å². The van der Waals surface area contributed by atoms with Gasteiger partial charge in [-0.3, -0.25) is 4.90 Å². The van der Waals surface area contributed by atoms with E-state index < -0.39 is 0 Å². The van der Waals surface area contributed by atoms with Crippen LogP contribution in [0.15, 0.2) is 201 Å². The van der Waals surface area contributed by atoms with Gasteiger partial charge in [-0.2, -0.15) is 0 Å². The molecule has 4 nitrogen and oxygen atoms in total. The van der Waals surface area contributed by atoms with Crippen molar-refractivity contribution in [3.63, 3.8) is 0 Å². The van der Waals surface area contributed by atoms with Crippen LogP contribution in [0.4, 0.5) is 17.1 Å². The number of nitrogens with zero attached hydrogens (tertiary/aromatic N) is 1. The summed E-state index contributed by atoms with van der Waals surface area (Å²) in [5, 5.41) is 13.1. The molecule has 13 rings (SSSR count). The Hall–Kier alpha value is -7.82. The minimum Gasteiger partial charge on any atom is -0.454 e. The number of hydrogen-bond acceptors (Lipinski definition) is 4. The Morgan fingerprint density at radius 3 is 1.21 bits per heavy atom. The molecule has 0 saturated carbocycles. The lowest BCUT2D eigenvalue weighted by Gasteiger charge is -2.27. The predicted octanol–water partition coefficient (Wildman–Crippen LogP) is 16.0. The van der Waals surface area contributed by atoms with Crippen LogP contribution < -0.4 is 4.90 Å². The highest BCUT2D eigenvalue weighted by Crippen LogP contribution is 2.53. The normalized spacial score (nSPS) is 12.1. The van der Waals surface area contributed by atoms with E-state index in [1.807, 2.05) is 12.1 Å². The Labute approximate surface area is 331 Å². The molecule has 0 unspecified atom stereocenters. The molecular formula is C54H31NO3. The Morgan fingerprint density at radius 1 is 0.293 bits per heavy atom. The maximum absolute atomic E-state index is 7.32. The molecule has 0 aliphatic heterocycles. The van der Waals surface area contributed by atoms with E-state index in [1.165, 1.54) is 0 Å². The van der Waals surface area contributed by atoms with Gasteiger partial charge in [0.1, 0.15) is 16.7 Å². The average Bonchev–Trinajstić information content (AvgIpc) is 4.00. The van der Waals surface area contributed by atoms with E-state index in [1.54, 1.807) is 0 Å². The van der Waals surface area contributed by atoms with Gasteiger partial charge in [-0.25, -0.2) is 0 Å². The Bertz CT molecular complexity index is 3660. The standard InChI is InChI=1S/C54H31NO3/c1-2-15-32(16-3-1)39-25-14-26-42-50-38-22-9-6-19-35(38)31-45(54(50)58-51(39)42)55(43-29-33-17-4-7-20-36(33)48-40-23-10-12-27-46(40)56-52(43)48)44-30-34-18-5-8-21-37(34)49-41-24-11-13-28-47(41)57-53(44)49/h1-31H. The second kappa shape index (κ2) is 11.8. The highest BCUT2D eigenvalue weighted by Gasteiger charge is 2.29. The SMILES string of the molecule is c1ccc(-c2cccc3c2oc2c(N(c4cc5ccccc5c5c4oc4ccccc45)c4cc5ccccc5c5c4oc4ccccc45)cc4ccccc4c23)cc1. The number of fused-ring (bicyclic) bond motifs is 15. The molecule has 0 aliphatic rings. The second-order valence-electron chi connectivity index (χ2n) is 15.1. The van der Waals surface area contributed by atoms with Crippen molar-refractivity contribution in [3.8, 4) is 11.1 Å². The molecular weight excluding hydrogens is 711 g/mol. The minimum atomic E-state index is 0.784. The molecule has 0 N–H and O–H groups in total. The van der Waals surface area contributed by atoms with E-state index in [9.17, 15) is 0 Å². The summed E-state index contributed by atoms with van der Waals surface area (Å²) in [5.74, 6) is 0. The van der Waals surface area contributed by atoms with E-state index in [-0.39, 0.29) is 0 Å². The van der Waals surface area contributed by atoms with Crippen LogP contribution >= 0.6 is 0 Å². The summed E-state index contributed by atoms with van der Waals surface area (Å²) in [6, 6.07) is 66.3. The molecule has 4 heteroatoms. The molecule has 3 heterocycles. The molecule has 0 saturated heterocycles. The molecule has 0 spiro atoms. The summed E-state index contributed by atoms with van der Waals surface area (Å²) in [7, 11) is 0. The third-order valence-electron chi connectivity index (χ3n) is 12.0. The predicted molar refractivity (Wildman–Crippen MR) is 241 cm³/mol. The van der Waals surface area contributed by atoms with Crippen molar-refractivity contribution < 1.29 is 13.3 Å². The van der Waals surface area contributed by atoms with Crippen LogP contribution in [0, 0.1) is 0 Å². The van der Waals surface area contributed by atoms with Gasteiger partial charge in [-0.15, -0.1) is 0 Å². The molecule has 0 fully saturated rings. The molecule has 0 atom stereocenters. The number of rotatable bonds is 4. The second-order valence-corrected chi connectivity index (χ2v) is 15.1. The first-order valence-electron chi connectivity index (χ1n) is 19.7. The summed E-state index contributed by atoms with van der Waals surface area (Å²) in [6.45, 7) is 0. The molecule has 58 heavy (non-hydrogen) atoms. The summed E-state index contributed by atoms with van der Waals surface area (Å²) in [4.78, 5) is 2.34. The van der Waals surface area contributed by atoms with Gasteiger partial charge in [0.15, 0.2) is 16.7 Å². The number of furan rings is 3. The minimum absolute atomic E-state index is 0.784. The van der Waals surface area contributed by atoms with Crippen LogP contribution in [0.5, 0.6) is 0 Å². The van der Waals surface area contributed by atoms with Gasteiger partial charge in [-0.1, -0.05) is 158 Å². The zero-order valence-corrected chi connectivity index (χ0v) is 31.1. The van der Waals surface area contributed by atoms with Crippen molar-refractivity contribution in [1.82, 2.24) is 0 Å². The molecule has 0 bridgehead atoms. The summed E-state index contributed by atoms with van der Waals surface area (Å²) >= 11 is 0. The summed E-state index contributed by atoms with van der Waals surface area (Å²) < 4.78 is 21.3. The van der Waals surface area contributed by atoms with Crippen molar-refractivity contribution >= 4 is 115 Å². The molecule has 0 aliphatic carbocycles. The Morgan fingerprint density at radius 2 is 0.690 bits per heavy atom. The lowest BCUT2D eigenvalue weighted by molar-refractivity contribution is 0.664. The van der Waals surface area contributed by atoms with E-state index in [0.29, 0.717) is 0 Å². The van der Waals surface area contributed by atoms with E-state index in [0.717, 1.165) is 126 Å². The maximum Gasteiger partial charge on any atom is 0.160 e. The lowest BCUT2D eigenvalue weighted by Crippen LogP contribution is -2.11. The van der Waals surface area contributed by atoms with Crippen LogP contribution in [-0.4, -0.2) is 0 Å². The fourth-order valence-corrected chi connectivity index (χ4v) is 9.48. The molecule has 0 radical (unpaired) electrons. The number of hydrogen-bond donors (Lipinski definition) is 0. The summed E-state index contributed by atoms with van der Waals surface area (Å²) in [6.07, 6.45) is 0. The largest absolute Gasteiger partial charge is 0.454 e. The quantitative estimate of drug-likeness (QED) is 0.180. The van der Waals surface area contributed by atoms with Crippen LogP contribution in [0.3, 0.4) is 0 Å². The van der Waals surface area contributed by atoms with Gasteiger partial charge >= 0.3 is 0 Å². The van der Waals surface area contributed by atoms with Crippen LogP contribution in [0.2, 0.25) is 0 Å². The van der Waals surface area contributed by atoms with E-state index >= 15 is 0 Å². The van der Waals surface area contributed by atoms with Crippen LogP contribution in [-0.2, 0) is 0 Å². The van der Waals surface area contributed by atoms with Gasteiger partial charge in [-0.05, 0) is 68.2 Å². The van der Waals surface area contributed by atoms with E-state index in [2.05, 4.69) is 181 Å². The van der Waals surface area contributed by atoms with Gasteiger partial charge in [0, 0.05) is 37.9 Å². The molecule has 270 valence electrons.